The van der Waals surface area contributed by atoms with E-state index in [2.05, 4.69) is 15.0 Å². The fourth-order valence-electron chi connectivity index (χ4n) is 2.63. The van der Waals surface area contributed by atoms with Crippen molar-refractivity contribution in [2.75, 3.05) is 20.7 Å². The summed E-state index contributed by atoms with van der Waals surface area (Å²) in [5.74, 6) is 2.05. The number of methoxy groups -OCH3 is 1. The normalized spacial score (nSPS) is 16.9. The van der Waals surface area contributed by atoms with E-state index in [0.717, 1.165) is 17.1 Å². The minimum atomic E-state index is -0.540. The molecule has 0 saturated carbocycles. The molecule has 1 aromatic rings. The van der Waals surface area contributed by atoms with Crippen molar-refractivity contribution < 1.29 is 19.0 Å². The number of alkyl carbamates (subject to hydrolysis) is 1. The monoisotopic (exact) mass is 349 g/mol. The summed E-state index contributed by atoms with van der Waals surface area (Å²) in [7, 11) is 3.20. The van der Waals surface area contributed by atoms with Crippen molar-refractivity contribution in [3.05, 3.63) is 23.8 Å². The molecule has 7 heteroatoms. The van der Waals surface area contributed by atoms with E-state index in [1.807, 2.05) is 57.8 Å². The first-order chi connectivity index (χ1) is 11.8. The third-order valence-electron chi connectivity index (χ3n) is 3.69. The molecule has 1 unspecified atom stereocenters. The van der Waals surface area contributed by atoms with E-state index in [0.29, 0.717) is 12.5 Å². The maximum atomic E-state index is 11.5. The number of hydrogen-bond acceptors (Lipinski definition) is 6. The van der Waals surface area contributed by atoms with Gasteiger partial charge in [-0.1, -0.05) is 0 Å². The number of ether oxygens (including phenoxy) is 3. The fourth-order valence-corrected chi connectivity index (χ4v) is 2.63. The van der Waals surface area contributed by atoms with Crippen LogP contribution in [-0.4, -0.2) is 49.9 Å². The molecule has 1 aliphatic rings. The van der Waals surface area contributed by atoms with E-state index in [-0.39, 0.29) is 18.2 Å². The van der Waals surface area contributed by atoms with Gasteiger partial charge in [0.25, 0.3) is 0 Å². The van der Waals surface area contributed by atoms with Gasteiger partial charge in [0.05, 0.1) is 31.9 Å². The van der Waals surface area contributed by atoms with Crippen LogP contribution >= 0.6 is 0 Å². The molecule has 1 amide bonds. The van der Waals surface area contributed by atoms with Gasteiger partial charge in [0.2, 0.25) is 5.96 Å². The minimum Gasteiger partial charge on any atom is -0.491 e. The molecule has 1 heterocycles. The Labute approximate surface area is 149 Å². The number of benzene rings is 1. The fraction of sp³-hybridized carbons (Fsp3) is 0.556. The Morgan fingerprint density at radius 1 is 1.24 bits per heavy atom. The highest BCUT2D eigenvalue weighted by molar-refractivity contribution is 5.95. The Morgan fingerprint density at radius 3 is 2.52 bits per heavy atom. The molecule has 7 nitrogen and oxygen atoms in total. The molecule has 2 rings (SSSR count). The summed E-state index contributed by atoms with van der Waals surface area (Å²) in [4.78, 5) is 17.8. The molecule has 1 N–H and O–H groups in total. The van der Waals surface area contributed by atoms with Gasteiger partial charge >= 0.3 is 6.09 Å². The van der Waals surface area contributed by atoms with Gasteiger partial charge in [0, 0.05) is 12.6 Å². The number of nitrogens with one attached hydrogen (secondary N) is 1. The summed E-state index contributed by atoms with van der Waals surface area (Å²) in [5.41, 5.74) is 0.972. The second kappa shape index (κ2) is 8.09. The van der Waals surface area contributed by atoms with Gasteiger partial charge < -0.3 is 19.1 Å². The van der Waals surface area contributed by atoms with Crippen molar-refractivity contribution in [3.63, 3.8) is 0 Å². The Balaban J connectivity index is 2.28. The van der Waals surface area contributed by atoms with Crippen LogP contribution in [0.1, 0.15) is 39.3 Å². The van der Waals surface area contributed by atoms with Gasteiger partial charge in [-0.25, -0.2) is 4.79 Å². The molecule has 1 atom stereocenters. The molecule has 0 spiro atoms. The summed E-state index contributed by atoms with van der Waals surface area (Å²) in [6.45, 7) is 8.46. The van der Waals surface area contributed by atoms with Gasteiger partial charge in [0.15, 0.2) is 0 Å². The number of aliphatic imine (C=N–C) groups is 1. The van der Waals surface area contributed by atoms with Crippen molar-refractivity contribution >= 4 is 12.1 Å². The number of amides is 1. The number of guanidine groups is 1. The van der Waals surface area contributed by atoms with Gasteiger partial charge in [-0.15, -0.1) is 0 Å². The standard InChI is InChI=1S/C18H27N3O4/c1-11(2)24-13-7-8-16(25-12(3)4)14(9-13)15-10-19-17(21(15)5)20-18(22)23-6/h7-9,11-12,15H,10H2,1-6H3,(H,19,20,22). The molecule has 0 bridgehead atoms. The van der Waals surface area contributed by atoms with E-state index >= 15 is 0 Å². The molecule has 1 aliphatic heterocycles. The predicted molar refractivity (Wildman–Crippen MR) is 96.3 cm³/mol. The van der Waals surface area contributed by atoms with Crippen LogP contribution in [0.5, 0.6) is 11.5 Å². The third-order valence-corrected chi connectivity index (χ3v) is 3.69. The molecular formula is C18H27N3O4. The number of nitrogens with zero attached hydrogens (tertiary/aromatic N) is 2. The molecule has 0 radical (unpaired) electrons. The van der Waals surface area contributed by atoms with E-state index in [1.54, 1.807) is 0 Å². The van der Waals surface area contributed by atoms with Crippen molar-refractivity contribution in [3.8, 4) is 11.5 Å². The minimum absolute atomic E-state index is 0.0518. The molecule has 0 aliphatic carbocycles. The van der Waals surface area contributed by atoms with Crippen LogP contribution in [0, 0.1) is 0 Å². The molecule has 25 heavy (non-hydrogen) atoms. The first-order valence-electron chi connectivity index (χ1n) is 8.41. The van der Waals surface area contributed by atoms with Crippen molar-refractivity contribution in [1.82, 2.24) is 10.2 Å². The second-order valence-electron chi connectivity index (χ2n) is 6.44. The highest BCUT2D eigenvalue weighted by atomic mass is 16.5. The summed E-state index contributed by atoms with van der Waals surface area (Å²) in [6.07, 6.45) is -0.406. The van der Waals surface area contributed by atoms with E-state index in [4.69, 9.17) is 9.47 Å². The summed E-state index contributed by atoms with van der Waals surface area (Å²) >= 11 is 0. The predicted octanol–water partition coefficient (Wildman–Crippen LogP) is 2.96. The second-order valence-corrected chi connectivity index (χ2v) is 6.44. The zero-order valence-electron chi connectivity index (χ0n) is 15.7. The van der Waals surface area contributed by atoms with Crippen LogP contribution in [0.15, 0.2) is 23.2 Å². The number of rotatable bonds is 5. The van der Waals surface area contributed by atoms with Crippen LogP contribution in [0.3, 0.4) is 0 Å². The van der Waals surface area contributed by atoms with Crippen molar-refractivity contribution in [1.29, 1.82) is 0 Å². The Hall–Kier alpha value is -2.44. The van der Waals surface area contributed by atoms with Crippen LogP contribution < -0.4 is 14.8 Å². The van der Waals surface area contributed by atoms with Crippen LogP contribution in [-0.2, 0) is 4.74 Å². The van der Waals surface area contributed by atoms with Gasteiger partial charge in [0.1, 0.15) is 11.5 Å². The largest absolute Gasteiger partial charge is 0.491 e. The lowest BCUT2D eigenvalue weighted by Gasteiger charge is -2.26. The number of hydrogen-bond donors (Lipinski definition) is 1. The van der Waals surface area contributed by atoms with E-state index in [9.17, 15) is 4.79 Å². The lowest BCUT2D eigenvalue weighted by molar-refractivity contribution is 0.175. The lowest BCUT2D eigenvalue weighted by Crippen LogP contribution is -2.40. The highest BCUT2D eigenvalue weighted by Gasteiger charge is 2.30. The number of carbonyl (C=O) groups excluding carboxylic acids is 1. The summed E-state index contributed by atoms with van der Waals surface area (Å²) < 4.78 is 16.4. The molecule has 0 saturated heterocycles. The maximum absolute atomic E-state index is 11.5. The maximum Gasteiger partial charge on any atom is 0.413 e. The number of likely N-dealkylation sites (N-methyl/N-ethyl adjacent to an activating group) is 1. The molecule has 0 fully saturated rings. The lowest BCUT2D eigenvalue weighted by atomic mass is 10.0. The van der Waals surface area contributed by atoms with E-state index < -0.39 is 6.09 Å². The topological polar surface area (TPSA) is 72.4 Å². The average molecular weight is 349 g/mol. The van der Waals surface area contributed by atoms with Crippen LogP contribution in [0.4, 0.5) is 4.79 Å². The van der Waals surface area contributed by atoms with Crippen LogP contribution in [0.2, 0.25) is 0 Å². The highest BCUT2D eigenvalue weighted by Crippen LogP contribution is 2.35. The van der Waals surface area contributed by atoms with E-state index in [1.165, 1.54) is 7.11 Å². The SMILES string of the molecule is COC(=O)NC1=NCC(c2cc(OC(C)C)ccc2OC(C)C)N1C. The number of carbonyl (C=O) groups is 1. The Bertz CT molecular complexity index is 643. The zero-order chi connectivity index (χ0) is 18.6. The average Bonchev–Trinajstić information content (AvgIpc) is 2.88. The molecule has 138 valence electrons. The van der Waals surface area contributed by atoms with Crippen LogP contribution in [0.25, 0.3) is 0 Å². The third kappa shape index (κ3) is 4.78. The van der Waals surface area contributed by atoms with Gasteiger partial charge in [-0.05, 0) is 45.9 Å². The quantitative estimate of drug-likeness (QED) is 0.885. The Kier molecular flexibility index (Phi) is 6.12. The molecule has 0 aromatic heterocycles. The summed E-state index contributed by atoms with van der Waals surface area (Å²) in [5, 5.41) is 2.63. The van der Waals surface area contributed by atoms with Crippen molar-refractivity contribution in [2.45, 2.75) is 45.9 Å². The zero-order valence-corrected chi connectivity index (χ0v) is 15.7. The van der Waals surface area contributed by atoms with Gasteiger partial charge in [-0.2, -0.15) is 0 Å². The molecular weight excluding hydrogens is 322 g/mol. The first kappa shape index (κ1) is 18.9. The first-order valence-corrected chi connectivity index (χ1v) is 8.41. The summed E-state index contributed by atoms with van der Waals surface area (Å²) in [6, 6.07) is 5.75. The van der Waals surface area contributed by atoms with Gasteiger partial charge in [-0.3, -0.25) is 10.3 Å². The van der Waals surface area contributed by atoms with Crippen molar-refractivity contribution in [2.24, 2.45) is 4.99 Å². The Morgan fingerprint density at radius 2 is 1.92 bits per heavy atom. The smallest absolute Gasteiger partial charge is 0.413 e. The molecule has 1 aromatic carbocycles.